The van der Waals surface area contributed by atoms with Crippen LogP contribution in [0.4, 0.5) is 0 Å². The molecule has 2 aromatic heterocycles. The van der Waals surface area contributed by atoms with Crippen molar-refractivity contribution in [2.75, 3.05) is 19.8 Å². The normalized spacial score (nSPS) is 15.9. The van der Waals surface area contributed by atoms with Crippen molar-refractivity contribution in [2.24, 2.45) is 0 Å². The van der Waals surface area contributed by atoms with Crippen LogP contribution in [-0.2, 0) is 27.4 Å². The molecular weight excluding hydrogens is 502 g/mol. The Morgan fingerprint density at radius 2 is 2.03 bits per heavy atom. The predicted molar refractivity (Wildman–Crippen MR) is 145 cm³/mol. The highest BCUT2D eigenvalue weighted by Gasteiger charge is 2.33. The first-order chi connectivity index (χ1) is 18.6. The highest BCUT2D eigenvalue weighted by molar-refractivity contribution is 7.09. The molecule has 1 fully saturated rings. The minimum atomic E-state index is -0.850. The van der Waals surface area contributed by atoms with Crippen LogP contribution in [0, 0.1) is 0 Å². The lowest BCUT2D eigenvalue weighted by Gasteiger charge is -2.31. The molecule has 4 aromatic rings. The van der Waals surface area contributed by atoms with Gasteiger partial charge in [-0.05, 0) is 61.0 Å². The molecule has 1 saturated heterocycles. The number of thiophene rings is 1. The monoisotopic (exact) mass is 533 g/mol. The third kappa shape index (κ3) is 6.03. The molecule has 0 radical (unpaired) electrons. The number of rotatable bonds is 11. The van der Waals surface area contributed by atoms with E-state index < -0.39 is 6.04 Å². The van der Waals surface area contributed by atoms with Gasteiger partial charge in [-0.3, -0.25) is 9.59 Å². The third-order valence-corrected chi connectivity index (χ3v) is 7.39. The first-order valence-electron chi connectivity index (χ1n) is 12.8. The third-order valence-electron chi connectivity index (χ3n) is 6.53. The van der Waals surface area contributed by atoms with Crippen LogP contribution >= 0.6 is 11.3 Å². The summed E-state index contributed by atoms with van der Waals surface area (Å²) in [7, 11) is 0. The Morgan fingerprint density at radius 3 is 2.76 bits per heavy atom. The van der Waals surface area contributed by atoms with Gasteiger partial charge in [0.05, 0.1) is 24.8 Å². The molecule has 3 heterocycles. The average molecular weight is 534 g/mol. The van der Waals surface area contributed by atoms with Crippen molar-refractivity contribution in [3.8, 4) is 5.75 Å². The Bertz CT molecular complexity index is 1350. The van der Waals surface area contributed by atoms with E-state index in [0.29, 0.717) is 36.6 Å². The molecule has 0 spiro atoms. The van der Waals surface area contributed by atoms with Gasteiger partial charge in [-0.25, -0.2) is 4.68 Å². The highest BCUT2D eigenvalue weighted by atomic mass is 32.1. The lowest BCUT2D eigenvalue weighted by Crippen LogP contribution is -2.46. The second-order valence-electron chi connectivity index (χ2n) is 9.12. The minimum Gasteiger partial charge on any atom is -0.494 e. The van der Waals surface area contributed by atoms with E-state index in [1.165, 1.54) is 0 Å². The molecule has 10 heteroatoms. The zero-order chi connectivity index (χ0) is 26.3. The SMILES string of the molecule is CCOc1ccc([C@@H](C(=O)NC[C@@H]2CCCO2)N(Cc2cccs2)C(=O)Cn2nnc3ccccc32)cc1. The summed E-state index contributed by atoms with van der Waals surface area (Å²) in [5.41, 5.74) is 2.17. The molecule has 38 heavy (non-hydrogen) atoms. The van der Waals surface area contributed by atoms with Gasteiger partial charge in [-0.1, -0.05) is 35.5 Å². The van der Waals surface area contributed by atoms with E-state index in [9.17, 15) is 9.59 Å². The maximum Gasteiger partial charge on any atom is 0.247 e. The van der Waals surface area contributed by atoms with Gasteiger partial charge in [0.2, 0.25) is 11.8 Å². The van der Waals surface area contributed by atoms with Crippen LogP contribution in [0.3, 0.4) is 0 Å². The van der Waals surface area contributed by atoms with E-state index in [1.807, 2.05) is 73.0 Å². The minimum absolute atomic E-state index is 0.0112. The average Bonchev–Trinajstić information content (AvgIpc) is 3.71. The Kier molecular flexibility index (Phi) is 8.30. The summed E-state index contributed by atoms with van der Waals surface area (Å²) in [6.45, 7) is 3.82. The van der Waals surface area contributed by atoms with Crippen LogP contribution in [0.1, 0.15) is 36.2 Å². The molecule has 1 N–H and O–H groups in total. The molecule has 2 atom stereocenters. The van der Waals surface area contributed by atoms with Gasteiger partial charge in [0.1, 0.15) is 23.9 Å². The number of hydrogen-bond donors (Lipinski definition) is 1. The van der Waals surface area contributed by atoms with Crippen molar-refractivity contribution in [3.05, 3.63) is 76.5 Å². The number of para-hydroxylation sites is 1. The van der Waals surface area contributed by atoms with E-state index in [4.69, 9.17) is 9.47 Å². The van der Waals surface area contributed by atoms with Crippen LogP contribution in [-0.4, -0.2) is 57.6 Å². The van der Waals surface area contributed by atoms with Crippen molar-refractivity contribution >= 4 is 34.2 Å². The smallest absolute Gasteiger partial charge is 0.247 e. The fraction of sp³-hybridized carbons (Fsp3) is 0.357. The summed E-state index contributed by atoms with van der Waals surface area (Å²) in [5.74, 6) is 0.221. The van der Waals surface area contributed by atoms with E-state index in [-0.39, 0.29) is 31.0 Å². The first kappa shape index (κ1) is 25.9. The Hall–Kier alpha value is -3.76. The molecule has 9 nitrogen and oxygen atoms in total. The zero-order valence-corrected chi connectivity index (χ0v) is 22.1. The molecule has 0 unspecified atom stereocenters. The van der Waals surface area contributed by atoms with Crippen LogP contribution in [0.5, 0.6) is 5.75 Å². The summed E-state index contributed by atoms with van der Waals surface area (Å²) in [6, 6.07) is 17.9. The van der Waals surface area contributed by atoms with Gasteiger partial charge in [0.15, 0.2) is 0 Å². The van der Waals surface area contributed by atoms with Crippen molar-refractivity contribution in [2.45, 2.75) is 45.0 Å². The molecular formula is C28H31N5O4S. The number of amides is 2. The van der Waals surface area contributed by atoms with E-state index in [0.717, 1.165) is 23.2 Å². The van der Waals surface area contributed by atoms with Gasteiger partial charge in [0, 0.05) is 18.0 Å². The number of ether oxygens (including phenoxy) is 2. The summed E-state index contributed by atoms with van der Waals surface area (Å²) in [4.78, 5) is 30.3. The van der Waals surface area contributed by atoms with Crippen molar-refractivity contribution < 1.29 is 19.1 Å². The lowest BCUT2D eigenvalue weighted by atomic mass is 10.0. The van der Waals surface area contributed by atoms with Crippen molar-refractivity contribution in [3.63, 3.8) is 0 Å². The molecule has 2 amide bonds. The zero-order valence-electron chi connectivity index (χ0n) is 21.3. The molecule has 1 aliphatic rings. The topological polar surface area (TPSA) is 98.6 Å². The summed E-state index contributed by atoms with van der Waals surface area (Å²) >= 11 is 1.55. The van der Waals surface area contributed by atoms with Crippen LogP contribution in [0.15, 0.2) is 66.0 Å². The van der Waals surface area contributed by atoms with Gasteiger partial charge in [-0.2, -0.15) is 0 Å². The summed E-state index contributed by atoms with van der Waals surface area (Å²) < 4.78 is 12.9. The van der Waals surface area contributed by atoms with E-state index >= 15 is 0 Å². The second kappa shape index (κ2) is 12.2. The summed E-state index contributed by atoms with van der Waals surface area (Å²) in [5, 5.41) is 13.4. The molecule has 0 saturated carbocycles. The number of aromatic nitrogens is 3. The van der Waals surface area contributed by atoms with Crippen molar-refractivity contribution in [1.29, 1.82) is 0 Å². The van der Waals surface area contributed by atoms with Gasteiger partial charge in [0.25, 0.3) is 0 Å². The van der Waals surface area contributed by atoms with Crippen LogP contribution < -0.4 is 10.1 Å². The molecule has 198 valence electrons. The fourth-order valence-corrected chi connectivity index (χ4v) is 5.35. The standard InChI is InChI=1S/C28H31N5O4S/c1-2-36-21-13-11-20(12-14-21)27(28(35)29-17-22-7-5-15-37-22)32(18-23-8-6-16-38-23)26(34)19-33-25-10-4-3-9-24(25)30-31-33/h3-4,6,8-14,16,22,27H,2,5,7,15,17-19H2,1H3,(H,29,35)/t22-,27-/m0/s1. The molecule has 0 aliphatic carbocycles. The maximum absolute atomic E-state index is 13.9. The predicted octanol–water partition coefficient (Wildman–Crippen LogP) is 3.96. The largest absolute Gasteiger partial charge is 0.494 e. The summed E-state index contributed by atoms with van der Waals surface area (Å²) in [6.07, 6.45) is 1.88. The fourth-order valence-electron chi connectivity index (χ4n) is 4.65. The van der Waals surface area contributed by atoms with Crippen LogP contribution in [0.2, 0.25) is 0 Å². The molecule has 5 rings (SSSR count). The van der Waals surface area contributed by atoms with Gasteiger partial charge in [-0.15, -0.1) is 16.4 Å². The lowest BCUT2D eigenvalue weighted by molar-refractivity contribution is -0.142. The van der Waals surface area contributed by atoms with E-state index in [1.54, 1.807) is 20.9 Å². The number of hydrogen-bond acceptors (Lipinski definition) is 7. The number of carbonyl (C=O) groups excluding carboxylic acids is 2. The number of nitrogens with one attached hydrogen (secondary N) is 1. The number of fused-ring (bicyclic) bond motifs is 1. The first-order valence-corrected chi connectivity index (χ1v) is 13.7. The van der Waals surface area contributed by atoms with Crippen LogP contribution in [0.25, 0.3) is 11.0 Å². The number of benzene rings is 2. The quantitative estimate of drug-likeness (QED) is 0.313. The van der Waals surface area contributed by atoms with Crippen molar-refractivity contribution in [1.82, 2.24) is 25.2 Å². The Morgan fingerprint density at radius 1 is 1.18 bits per heavy atom. The molecule has 1 aliphatic heterocycles. The molecule has 2 aromatic carbocycles. The Labute approximate surface area is 225 Å². The second-order valence-corrected chi connectivity index (χ2v) is 10.2. The number of carbonyl (C=O) groups is 2. The van der Waals surface area contributed by atoms with Gasteiger partial charge < -0.3 is 19.7 Å². The Balaban J connectivity index is 1.47. The highest BCUT2D eigenvalue weighted by Crippen LogP contribution is 2.28. The van der Waals surface area contributed by atoms with E-state index in [2.05, 4.69) is 15.6 Å². The number of nitrogens with zero attached hydrogens (tertiary/aromatic N) is 4. The molecule has 0 bridgehead atoms. The maximum atomic E-state index is 13.9. The van der Waals surface area contributed by atoms with Gasteiger partial charge >= 0.3 is 0 Å².